The predicted molar refractivity (Wildman–Crippen MR) is 106 cm³/mol. The van der Waals surface area contributed by atoms with Gasteiger partial charge in [-0.25, -0.2) is 0 Å². The van der Waals surface area contributed by atoms with Crippen molar-refractivity contribution in [3.05, 3.63) is 38.4 Å². The smallest absolute Gasteiger partial charge is 0.253 e. The Kier molecular flexibility index (Phi) is 5.01. The SMILES string of the molecule is Cc1noc(C)c1CN1CCc2c(C(=O)NC3(C(N)=O)CCCC3)csc2C1. The van der Waals surface area contributed by atoms with Crippen molar-refractivity contribution in [2.75, 3.05) is 6.54 Å². The second-order valence-corrected chi connectivity index (χ2v) is 8.89. The highest BCUT2D eigenvalue weighted by Gasteiger charge is 2.41. The summed E-state index contributed by atoms with van der Waals surface area (Å²) in [7, 11) is 0. The van der Waals surface area contributed by atoms with Gasteiger partial charge >= 0.3 is 0 Å². The molecule has 7 nitrogen and oxygen atoms in total. The second kappa shape index (κ2) is 7.33. The summed E-state index contributed by atoms with van der Waals surface area (Å²) in [6.07, 6.45) is 3.91. The van der Waals surface area contributed by atoms with Crippen LogP contribution < -0.4 is 11.1 Å². The monoisotopic (exact) mass is 402 g/mol. The topological polar surface area (TPSA) is 101 Å². The second-order valence-electron chi connectivity index (χ2n) is 7.92. The maximum Gasteiger partial charge on any atom is 0.253 e. The summed E-state index contributed by atoms with van der Waals surface area (Å²) in [4.78, 5) is 28.4. The van der Waals surface area contributed by atoms with E-state index in [1.54, 1.807) is 11.3 Å². The van der Waals surface area contributed by atoms with Gasteiger partial charge in [0, 0.05) is 35.5 Å². The molecule has 1 saturated carbocycles. The maximum atomic E-state index is 12.9. The Balaban J connectivity index is 1.48. The minimum atomic E-state index is -0.879. The number of rotatable bonds is 5. The van der Waals surface area contributed by atoms with Crippen LogP contribution in [0.4, 0.5) is 0 Å². The van der Waals surface area contributed by atoms with E-state index in [9.17, 15) is 9.59 Å². The number of carbonyl (C=O) groups excluding carboxylic acids is 2. The fourth-order valence-corrected chi connectivity index (χ4v) is 5.48. The van der Waals surface area contributed by atoms with Crippen LogP contribution in [0, 0.1) is 13.8 Å². The highest BCUT2D eigenvalue weighted by molar-refractivity contribution is 7.10. The van der Waals surface area contributed by atoms with Crippen LogP contribution >= 0.6 is 11.3 Å². The van der Waals surface area contributed by atoms with Gasteiger partial charge in [0.25, 0.3) is 5.91 Å². The Hall–Kier alpha value is -2.19. The Morgan fingerprint density at radius 1 is 1.36 bits per heavy atom. The van der Waals surface area contributed by atoms with Gasteiger partial charge in [-0.15, -0.1) is 11.3 Å². The molecule has 3 N–H and O–H groups in total. The van der Waals surface area contributed by atoms with Gasteiger partial charge in [0.05, 0.1) is 11.3 Å². The molecule has 2 aromatic heterocycles. The van der Waals surface area contributed by atoms with Crippen molar-refractivity contribution < 1.29 is 14.1 Å². The van der Waals surface area contributed by atoms with Gasteiger partial charge in [0.2, 0.25) is 5.91 Å². The number of nitrogens with two attached hydrogens (primary N) is 1. The van der Waals surface area contributed by atoms with Crippen LogP contribution in [0.3, 0.4) is 0 Å². The number of nitrogens with zero attached hydrogens (tertiary/aromatic N) is 2. The summed E-state index contributed by atoms with van der Waals surface area (Å²) in [5, 5.41) is 8.92. The normalized spacial score (nSPS) is 18.8. The lowest BCUT2D eigenvalue weighted by Gasteiger charge is -2.28. The summed E-state index contributed by atoms with van der Waals surface area (Å²) < 4.78 is 5.27. The van der Waals surface area contributed by atoms with E-state index in [1.807, 2.05) is 19.2 Å². The largest absolute Gasteiger partial charge is 0.368 e. The third-order valence-electron chi connectivity index (χ3n) is 6.12. The Labute approximate surface area is 168 Å². The fourth-order valence-electron chi connectivity index (χ4n) is 4.35. The molecule has 2 aromatic rings. The van der Waals surface area contributed by atoms with Crippen molar-refractivity contribution in [2.45, 2.75) is 64.6 Å². The molecule has 4 rings (SSSR count). The molecule has 0 radical (unpaired) electrons. The van der Waals surface area contributed by atoms with Gasteiger partial charge in [-0.3, -0.25) is 14.5 Å². The van der Waals surface area contributed by atoms with Crippen molar-refractivity contribution >= 4 is 23.2 Å². The summed E-state index contributed by atoms with van der Waals surface area (Å²) in [5.41, 5.74) is 8.61. The van der Waals surface area contributed by atoms with Gasteiger partial charge in [0.1, 0.15) is 11.3 Å². The molecule has 8 heteroatoms. The molecule has 2 amide bonds. The molecule has 1 aliphatic carbocycles. The van der Waals surface area contributed by atoms with Crippen molar-refractivity contribution in [1.29, 1.82) is 0 Å². The van der Waals surface area contributed by atoms with E-state index in [-0.39, 0.29) is 5.91 Å². The first kappa shape index (κ1) is 19.1. The van der Waals surface area contributed by atoms with E-state index in [2.05, 4.69) is 15.4 Å². The van der Waals surface area contributed by atoms with Crippen LogP contribution in [0.15, 0.2) is 9.90 Å². The minimum Gasteiger partial charge on any atom is -0.368 e. The first-order valence-corrected chi connectivity index (χ1v) is 10.6. The minimum absolute atomic E-state index is 0.169. The zero-order chi connectivity index (χ0) is 19.9. The number of hydrogen-bond donors (Lipinski definition) is 2. The number of thiophene rings is 1. The first-order chi connectivity index (χ1) is 13.4. The van der Waals surface area contributed by atoms with Gasteiger partial charge in [0.15, 0.2) is 0 Å². The predicted octanol–water partition coefficient (Wildman–Crippen LogP) is 2.44. The van der Waals surface area contributed by atoms with E-state index in [1.165, 1.54) is 4.88 Å². The molecule has 150 valence electrons. The summed E-state index contributed by atoms with van der Waals surface area (Å²) >= 11 is 1.61. The van der Waals surface area contributed by atoms with Crippen molar-refractivity contribution in [1.82, 2.24) is 15.4 Å². The van der Waals surface area contributed by atoms with Crippen molar-refractivity contribution in [2.24, 2.45) is 5.73 Å². The molecule has 2 aliphatic rings. The van der Waals surface area contributed by atoms with Crippen LogP contribution in [0.25, 0.3) is 0 Å². The van der Waals surface area contributed by atoms with Crippen LogP contribution in [-0.4, -0.2) is 34.0 Å². The molecular formula is C20H26N4O3S. The summed E-state index contributed by atoms with van der Waals surface area (Å²) in [6.45, 7) is 6.38. The number of carbonyl (C=O) groups is 2. The summed E-state index contributed by atoms with van der Waals surface area (Å²) in [5.74, 6) is 0.272. The lowest BCUT2D eigenvalue weighted by Crippen LogP contribution is -2.55. The van der Waals surface area contributed by atoms with Crippen LogP contribution in [0.2, 0.25) is 0 Å². The third-order valence-corrected chi connectivity index (χ3v) is 7.13. The van der Waals surface area contributed by atoms with Crippen LogP contribution in [0.1, 0.15) is 63.5 Å². The average Bonchev–Trinajstić information content (AvgIpc) is 3.37. The molecular weight excluding hydrogens is 376 g/mol. The van der Waals surface area contributed by atoms with Gasteiger partial charge in [-0.05, 0) is 38.7 Å². The molecule has 0 saturated heterocycles. The lowest BCUT2D eigenvalue weighted by molar-refractivity contribution is -0.123. The molecule has 0 spiro atoms. The van der Waals surface area contributed by atoms with Gasteiger partial charge < -0.3 is 15.6 Å². The Morgan fingerprint density at radius 2 is 2.11 bits per heavy atom. The maximum absolute atomic E-state index is 12.9. The van der Waals surface area contributed by atoms with E-state index in [0.717, 1.165) is 61.5 Å². The molecule has 1 fully saturated rings. The van der Waals surface area contributed by atoms with E-state index in [0.29, 0.717) is 18.4 Å². The Bertz CT molecular complexity index is 891. The molecule has 1 aliphatic heterocycles. The first-order valence-electron chi connectivity index (χ1n) is 9.75. The highest BCUT2D eigenvalue weighted by Crippen LogP contribution is 2.33. The number of fused-ring (bicyclic) bond motifs is 1. The van der Waals surface area contributed by atoms with E-state index in [4.69, 9.17) is 10.3 Å². The number of amides is 2. The zero-order valence-electron chi connectivity index (χ0n) is 16.3. The zero-order valence-corrected chi connectivity index (χ0v) is 17.2. The van der Waals surface area contributed by atoms with Gasteiger partial charge in [-0.1, -0.05) is 18.0 Å². The third kappa shape index (κ3) is 3.35. The number of hydrogen-bond acceptors (Lipinski definition) is 6. The van der Waals surface area contributed by atoms with Crippen LogP contribution in [-0.2, 0) is 24.3 Å². The summed E-state index contributed by atoms with van der Waals surface area (Å²) in [6, 6.07) is 0. The molecule has 0 atom stereocenters. The molecule has 0 unspecified atom stereocenters. The Morgan fingerprint density at radius 3 is 2.75 bits per heavy atom. The van der Waals surface area contributed by atoms with E-state index >= 15 is 0 Å². The van der Waals surface area contributed by atoms with Crippen molar-refractivity contribution in [3.63, 3.8) is 0 Å². The number of aryl methyl sites for hydroxylation is 2. The number of nitrogens with one attached hydrogen (secondary N) is 1. The highest BCUT2D eigenvalue weighted by atomic mass is 32.1. The molecule has 0 aromatic carbocycles. The van der Waals surface area contributed by atoms with Crippen molar-refractivity contribution in [3.8, 4) is 0 Å². The van der Waals surface area contributed by atoms with Gasteiger partial charge in [-0.2, -0.15) is 0 Å². The number of primary amides is 1. The quantitative estimate of drug-likeness (QED) is 0.800. The standard InChI is InChI=1S/C20H26N4O3S/c1-12-15(13(2)27-23-12)9-24-8-5-14-16(11-28-17(14)10-24)18(25)22-20(19(21)26)6-3-4-7-20/h11H,3-10H2,1-2H3,(H2,21,26)(H,22,25). The molecule has 0 bridgehead atoms. The number of aromatic nitrogens is 1. The fraction of sp³-hybridized carbons (Fsp3) is 0.550. The molecule has 3 heterocycles. The lowest BCUT2D eigenvalue weighted by atomic mass is 9.95. The van der Waals surface area contributed by atoms with Crippen LogP contribution in [0.5, 0.6) is 0 Å². The average molecular weight is 403 g/mol. The molecule has 28 heavy (non-hydrogen) atoms. The van der Waals surface area contributed by atoms with E-state index < -0.39 is 11.4 Å².